The first-order chi connectivity index (χ1) is 8.31. The highest BCUT2D eigenvalue weighted by Gasteiger charge is 2.38. The molecule has 1 aliphatic rings. The second-order valence-electron chi connectivity index (χ2n) is 4.94. The second-order valence-corrected chi connectivity index (χ2v) is 4.94. The molecule has 0 unspecified atom stereocenters. The SMILES string of the molecule is CC1(C)COC(=O)N[C@@H]1c1cc(F)c(F)c(F)c1.Cl. The third kappa shape index (κ3) is 2.94. The molecule has 3 nitrogen and oxygen atoms in total. The molecule has 1 heterocycles. The van der Waals surface area contributed by atoms with Crippen LogP contribution in [0.15, 0.2) is 12.1 Å². The van der Waals surface area contributed by atoms with Crippen molar-refractivity contribution in [2.75, 3.05) is 6.61 Å². The van der Waals surface area contributed by atoms with Gasteiger partial charge in [0.1, 0.15) is 6.61 Å². The zero-order valence-corrected chi connectivity index (χ0v) is 11.1. The molecular formula is C12H13ClF3NO2. The number of hydrogen-bond donors (Lipinski definition) is 1. The van der Waals surface area contributed by atoms with Gasteiger partial charge >= 0.3 is 6.09 Å². The van der Waals surface area contributed by atoms with Crippen molar-refractivity contribution in [3.8, 4) is 0 Å². The number of ether oxygens (including phenoxy) is 1. The van der Waals surface area contributed by atoms with Gasteiger partial charge in [-0.1, -0.05) is 13.8 Å². The molecule has 0 aromatic heterocycles. The molecule has 0 spiro atoms. The Morgan fingerprint density at radius 2 is 1.79 bits per heavy atom. The average Bonchev–Trinajstić information content (AvgIpc) is 2.28. The maximum atomic E-state index is 13.2. The number of benzene rings is 1. The van der Waals surface area contributed by atoms with Crippen LogP contribution < -0.4 is 5.32 Å². The van der Waals surface area contributed by atoms with Crippen LogP contribution in [0.2, 0.25) is 0 Å². The maximum absolute atomic E-state index is 13.2. The van der Waals surface area contributed by atoms with E-state index in [1.807, 2.05) is 0 Å². The molecule has 0 aliphatic carbocycles. The lowest BCUT2D eigenvalue weighted by atomic mass is 9.80. The minimum atomic E-state index is -1.52. The van der Waals surface area contributed by atoms with Gasteiger partial charge in [0, 0.05) is 5.41 Å². The number of halogens is 4. The summed E-state index contributed by atoms with van der Waals surface area (Å²) >= 11 is 0. The van der Waals surface area contributed by atoms with E-state index in [1.165, 1.54) is 0 Å². The van der Waals surface area contributed by atoms with Gasteiger partial charge in [0.15, 0.2) is 17.5 Å². The second kappa shape index (κ2) is 5.28. The fraction of sp³-hybridized carbons (Fsp3) is 0.417. The minimum Gasteiger partial charge on any atom is -0.449 e. The molecule has 7 heteroatoms. The van der Waals surface area contributed by atoms with Gasteiger partial charge in [-0.3, -0.25) is 0 Å². The fourth-order valence-corrected chi connectivity index (χ4v) is 1.97. The van der Waals surface area contributed by atoms with E-state index < -0.39 is 35.0 Å². The molecule has 0 bridgehead atoms. The Morgan fingerprint density at radius 3 is 2.32 bits per heavy atom. The summed E-state index contributed by atoms with van der Waals surface area (Å²) in [5.74, 6) is -4.07. The van der Waals surface area contributed by atoms with Gasteiger partial charge in [0.2, 0.25) is 0 Å². The highest BCUT2D eigenvalue weighted by molar-refractivity contribution is 5.85. The summed E-state index contributed by atoms with van der Waals surface area (Å²) in [6.07, 6.45) is -0.663. The average molecular weight is 296 g/mol. The van der Waals surface area contributed by atoms with Crippen molar-refractivity contribution in [2.45, 2.75) is 19.9 Å². The molecule has 1 N–H and O–H groups in total. The van der Waals surface area contributed by atoms with Crippen LogP contribution in [-0.2, 0) is 4.74 Å². The number of hydrogen-bond acceptors (Lipinski definition) is 2. The summed E-state index contributed by atoms with van der Waals surface area (Å²) in [6, 6.07) is 1.13. The lowest BCUT2D eigenvalue weighted by Gasteiger charge is -2.38. The number of amides is 1. The van der Waals surface area contributed by atoms with Crippen LogP contribution in [0.3, 0.4) is 0 Å². The number of carbonyl (C=O) groups is 1. The Hall–Kier alpha value is -1.43. The van der Waals surface area contributed by atoms with E-state index in [9.17, 15) is 18.0 Å². The van der Waals surface area contributed by atoms with Crippen LogP contribution in [-0.4, -0.2) is 12.7 Å². The summed E-state index contributed by atoms with van der Waals surface area (Å²) in [5, 5.41) is 2.48. The Labute approximate surface area is 114 Å². The molecule has 0 saturated carbocycles. The Kier molecular flexibility index (Phi) is 4.35. The van der Waals surface area contributed by atoms with Crippen LogP contribution in [0.5, 0.6) is 0 Å². The lowest BCUT2D eigenvalue weighted by molar-refractivity contribution is 0.0385. The van der Waals surface area contributed by atoms with Crippen LogP contribution >= 0.6 is 12.4 Å². The van der Waals surface area contributed by atoms with Crippen molar-refractivity contribution in [3.05, 3.63) is 35.1 Å². The number of alkyl carbamates (subject to hydrolysis) is 1. The number of nitrogens with one attached hydrogen (secondary N) is 1. The van der Waals surface area contributed by atoms with E-state index in [0.717, 1.165) is 12.1 Å². The van der Waals surface area contributed by atoms with Gasteiger partial charge in [0.05, 0.1) is 6.04 Å². The van der Waals surface area contributed by atoms with Crippen LogP contribution in [0, 0.1) is 22.9 Å². The summed E-state index contributed by atoms with van der Waals surface area (Å²) in [6.45, 7) is 3.66. The number of cyclic esters (lactones) is 1. The molecule has 1 atom stereocenters. The van der Waals surface area contributed by atoms with Crippen molar-refractivity contribution in [1.82, 2.24) is 5.32 Å². The number of carbonyl (C=O) groups excluding carboxylic acids is 1. The molecule has 1 aromatic carbocycles. The normalized spacial score (nSPS) is 21.1. The lowest BCUT2D eigenvalue weighted by Crippen LogP contribution is -2.47. The Bertz CT molecular complexity index is 485. The standard InChI is InChI=1S/C12H12F3NO2.ClH/c1-12(2)5-18-11(17)16-10(12)6-3-7(13)9(15)8(14)4-6;/h3-4,10H,5H2,1-2H3,(H,16,17);1H/t10-;/m1./s1. The van der Waals surface area contributed by atoms with Crippen molar-refractivity contribution in [3.63, 3.8) is 0 Å². The van der Waals surface area contributed by atoms with Crippen molar-refractivity contribution >= 4 is 18.5 Å². The maximum Gasteiger partial charge on any atom is 0.407 e. The smallest absolute Gasteiger partial charge is 0.407 e. The van der Waals surface area contributed by atoms with Gasteiger partial charge in [-0.25, -0.2) is 18.0 Å². The largest absolute Gasteiger partial charge is 0.449 e. The molecule has 1 aromatic rings. The Balaban J connectivity index is 0.00000180. The van der Waals surface area contributed by atoms with Crippen LogP contribution in [0.4, 0.5) is 18.0 Å². The molecule has 2 rings (SSSR count). The molecule has 1 aliphatic heterocycles. The predicted molar refractivity (Wildman–Crippen MR) is 64.6 cm³/mol. The summed E-state index contributed by atoms with van der Waals surface area (Å²) in [4.78, 5) is 11.2. The highest BCUT2D eigenvalue weighted by atomic mass is 35.5. The zero-order valence-electron chi connectivity index (χ0n) is 10.3. The van der Waals surface area contributed by atoms with E-state index >= 15 is 0 Å². The first kappa shape index (κ1) is 15.6. The van der Waals surface area contributed by atoms with Gasteiger partial charge in [-0.2, -0.15) is 0 Å². The van der Waals surface area contributed by atoms with E-state index in [1.54, 1.807) is 13.8 Å². The van der Waals surface area contributed by atoms with Gasteiger partial charge < -0.3 is 10.1 Å². The summed E-state index contributed by atoms with van der Waals surface area (Å²) in [7, 11) is 0. The van der Waals surface area contributed by atoms with Gasteiger partial charge in [-0.05, 0) is 17.7 Å². The molecule has 19 heavy (non-hydrogen) atoms. The summed E-state index contributed by atoms with van der Waals surface area (Å²) in [5.41, 5.74) is -0.377. The molecular weight excluding hydrogens is 283 g/mol. The molecule has 106 valence electrons. The molecule has 0 radical (unpaired) electrons. The topological polar surface area (TPSA) is 38.3 Å². The first-order valence-corrected chi connectivity index (χ1v) is 5.39. The summed E-state index contributed by atoms with van der Waals surface area (Å²) < 4.78 is 44.1. The van der Waals surface area contributed by atoms with E-state index in [-0.39, 0.29) is 24.6 Å². The minimum absolute atomic E-state index is 0. The molecule has 1 amide bonds. The van der Waals surface area contributed by atoms with Crippen molar-refractivity contribution in [1.29, 1.82) is 0 Å². The van der Waals surface area contributed by atoms with Crippen LogP contribution in [0.25, 0.3) is 0 Å². The fourth-order valence-electron chi connectivity index (χ4n) is 1.97. The van der Waals surface area contributed by atoms with E-state index in [2.05, 4.69) is 5.32 Å². The third-order valence-electron chi connectivity index (χ3n) is 2.96. The quantitative estimate of drug-likeness (QED) is 0.807. The van der Waals surface area contributed by atoms with Crippen molar-refractivity contribution in [2.24, 2.45) is 5.41 Å². The van der Waals surface area contributed by atoms with Gasteiger partial charge in [-0.15, -0.1) is 12.4 Å². The van der Waals surface area contributed by atoms with E-state index in [4.69, 9.17) is 4.74 Å². The first-order valence-electron chi connectivity index (χ1n) is 5.39. The van der Waals surface area contributed by atoms with Gasteiger partial charge in [0.25, 0.3) is 0 Å². The highest BCUT2D eigenvalue weighted by Crippen LogP contribution is 2.37. The predicted octanol–water partition coefficient (Wildman–Crippen LogP) is 3.33. The molecule has 1 fully saturated rings. The molecule has 1 saturated heterocycles. The zero-order chi connectivity index (χ0) is 13.5. The Morgan fingerprint density at radius 1 is 1.26 bits per heavy atom. The van der Waals surface area contributed by atoms with E-state index in [0.29, 0.717) is 0 Å². The third-order valence-corrected chi connectivity index (χ3v) is 2.96. The number of rotatable bonds is 1. The van der Waals surface area contributed by atoms with Crippen LogP contribution in [0.1, 0.15) is 25.5 Å². The monoisotopic (exact) mass is 295 g/mol. The van der Waals surface area contributed by atoms with Crippen molar-refractivity contribution < 1.29 is 22.7 Å².